The molecular weight excluding hydrogens is 252 g/mol. The number of carbonyl (C=O) groups is 2. The second-order valence-corrected chi connectivity index (χ2v) is 5.34. The Morgan fingerprint density at radius 2 is 1.80 bits per heavy atom. The van der Waals surface area contributed by atoms with Crippen molar-refractivity contribution in [3.63, 3.8) is 0 Å². The van der Waals surface area contributed by atoms with Crippen molar-refractivity contribution in [3.8, 4) is 0 Å². The molecule has 1 aliphatic heterocycles. The van der Waals surface area contributed by atoms with E-state index in [2.05, 4.69) is 4.90 Å². The summed E-state index contributed by atoms with van der Waals surface area (Å²) in [5.74, 6) is 0.370. The van der Waals surface area contributed by atoms with Gasteiger partial charge in [0.25, 0.3) is 0 Å². The molecule has 20 heavy (non-hydrogen) atoms. The molecule has 1 fully saturated rings. The maximum absolute atomic E-state index is 12.1. The molecule has 4 nitrogen and oxygen atoms in total. The number of hydrogen-bond donors (Lipinski definition) is 0. The van der Waals surface area contributed by atoms with Gasteiger partial charge in [0.15, 0.2) is 5.78 Å². The summed E-state index contributed by atoms with van der Waals surface area (Å²) < 4.78 is 0. The van der Waals surface area contributed by atoms with Gasteiger partial charge in [-0.15, -0.1) is 0 Å². The molecule has 0 bridgehead atoms. The number of hydrogen-bond acceptors (Lipinski definition) is 3. The molecule has 0 spiro atoms. The van der Waals surface area contributed by atoms with Crippen molar-refractivity contribution in [1.82, 2.24) is 9.80 Å². The van der Waals surface area contributed by atoms with Gasteiger partial charge >= 0.3 is 0 Å². The third-order valence-electron chi connectivity index (χ3n) is 3.68. The number of carbonyl (C=O) groups excluding carboxylic acids is 2. The van der Waals surface area contributed by atoms with E-state index in [1.54, 1.807) is 6.92 Å². The average Bonchev–Trinajstić information content (AvgIpc) is 2.65. The van der Waals surface area contributed by atoms with Gasteiger partial charge in [0.05, 0.1) is 6.54 Å². The van der Waals surface area contributed by atoms with Gasteiger partial charge in [0.2, 0.25) is 5.91 Å². The van der Waals surface area contributed by atoms with Gasteiger partial charge in [0.1, 0.15) is 0 Å². The van der Waals surface area contributed by atoms with Crippen LogP contribution < -0.4 is 0 Å². The van der Waals surface area contributed by atoms with E-state index in [-0.39, 0.29) is 11.7 Å². The fourth-order valence-corrected chi connectivity index (χ4v) is 2.57. The third-order valence-corrected chi connectivity index (χ3v) is 3.68. The molecule has 1 aromatic carbocycles. The van der Waals surface area contributed by atoms with E-state index in [1.165, 1.54) is 0 Å². The fourth-order valence-electron chi connectivity index (χ4n) is 2.57. The van der Waals surface area contributed by atoms with Gasteiger partial charge < -0.3 is 4.90 Å². The van der Waals surface area contributed by atoms with Crippen LogP contribution in [0.2, 0.25) is 0 Å². The zero-order valence-electron chi connectivity index (χ0n) is 12.0. The Labute approximate surface area is 120 Å². The summed E-state index contributed by atoms with van der Waals surface area (Å²) in [6.45, 7) is 5.31. The van der Waals surface area contributed by atoms with Crippen LogP contribution in [0, 0.1) is 0 Å². The second-order valence-electron chi connectivity index (χ2n) is 5.34. The van der Waals surface area contributed by atoms with Crippen molar-refractivity contribution in [2.45, 2.75) is 19.8 Å². The van der Waals surface area contributed by atoms with Gasteiger partial charge in [-0.1, -0.05) is 30.3 Å². The van der Waals surface area contributed by atoms with Crippen LogP contribution in [0.15, 0.2) is 30.3 Å². The number of nitrogens with zero attached hydrogens (tertiary/aromatic N) is 2. The Kier molecular flexibility index (Phi) is 5.30. The minimum atomic E-state index is 0.127. The summed E-state index contributed by atoms with van der Waals surface area (Å²) >= 11 is 0. The third kappa shape index (κ3) is 4.46. The fraction of sp³-hybridized carbons (Fsp3) is 0.500. The first-order valence-electron chi connectivity index (χ1n) is 7.18. The van der Waals surface area contributed by atoms with E-state index in [0.29, 0.717) is 13.0 Å². The summed E-state index contributed by atoms with van der Waals surface area (Å²) in [6.07, 6.45) is 1.44. The Morgan fingerprint density at radius 1 is 1.05 bits per heavy atom. The lowest BCUT2D eigenvalue weighted by Gasteiger charge is -2.20. The van der Waals surface area contributed by atoms with Crippen molar-refractivity contribution >= 4 is 11.7 Å². The Balaban J connectivity index is 1.81. The quantitative estimate of drug-likeness (QED) is 0.832. The molecule has 0 N–H and O–H groups in total. The standard InChI is InChI=1S/C16H22N2O2/c1-14(19)18-9-5-8-17(10-11-18)13-16(20)12-15-6-3-2-4-7-15/h2-4,6-7H,5,8-13H2,1H3. The first-order chi connectivity index (χ1) is 9.65. The monoisotopic (exact) mass is 274 g/mol. The van der Waals surface area contributed by atoms with Crippen LogP contribution >= 0.6 is 0 Å². The highest BCUT2D eigenvalue weighted by molar-refractivity contribution is 5.82. The molecule has 108 valence electrons. The maximum Gasteiger partial charge on any atom is 0.219 e. The minimum Gasteiger partial charge on any atom is -0.342 e. The first kappa shape index (κ1) is 14.7. The molecule has 1 amide bonds. The number of rotatable bonds is 4. The lowest BCUT2D eigenvalue weighted by atomic mass is 10.1. The van der Waals surface area contributed by atoms with Crippen LogP contribution in [0.4, 0.5) is 0 Å². The molecular formula is C16H22N2O2. The first-order valence-corrected chi connectivity index (χ1v) is 7.18. The number of Topliss-reactive ketones (excluding diaryl/α,β-unsaturated/α-hetero) is 1. The van der Waals surface area contributed by atoms with Gasteiger partial charge in [0, 0.05) is 39.5 Å². The molecule has 2 rings (SSSR count). The van der Waals surface area contributed by atoms with Crippen molar-refractivity contribution < 1.29 is 9.59 Å². The van der Waals surface area contributed by atoms with Crippen LogP contribution in [0.1, 0.15) is 18.9 Å². The lowest BCUT2D eigenvalue weighted by Crippen LogP contribution is -2.36. The highest BCUT2D eigenvalue weighted by atomic mass is 16.2. The van der Waals surface area contributed by atoms with Gasteiger partial charge in [-0.3, -0.25) is 14.5 Å². The van der Waals surface area contributed by atoms with Crippen molar-refractivity contribution in [2.75, 3.05) is 32.7 Å². The van der Waals surface area contributed by atoms with Crippen molar-refractivity contribution in [1.29, 1.82) is 0 Å². The van der Waals surface area contributed by atoms with Crippen molar-refractivity contribution in [3.05, 3.63) is 35.9 Å². The highest BCUT2D eigenvalue weighted by Gasteiger charge is 2.18. The van der Waals surface area contributed by atoms with Crippen LogP contribution in [-0.4, -0.2) is 54.2 Å². The van der Waals surface area contributed by atoms with E-state index >= 15 is 0 Å². The van der Waals surface area contributed by atoms with Crippen LogP contribution in [0.3, 0.4) is 0 Å². The van der Waals surface area contributed by atoms with E-state index in [4.69, 9.17) is 0 Å². The molecule has 0 aromatic heterocycles. The number of ketones is 1. The second kappa shape index (κ2) is 7.20. The predicted octanol–water partition coefficient (Wildman–Crippen LogP) is 1.35. The average molecular weight is 274 g/mol. The Bertz CT molecular complexity index is 459. The largest absolute Gasteiger partial charge is 0.342 e. The van der Waals surface area contributed by atoms with Gasteiger partial charge in [-0.05, 0) is 12.0 Å². The SMILES string of the molecule is CC(=O)N1CCCN(CC(=O)Cc2ccccc2)CC1. The molecule has 0 atom stereocenters. The lowest BCUT2D eigenvalue weighted by molar-refractivity contribution is -0.128. The van der Waals surface area contributed by atoms with E-state index in [9.17, 15) is 9.59 Å². The normalized spacial score (nSPS) is 16.8. The molecule has 0 radical (unpaired) electrons. The molecule has 1 heterocycles. The van der Waals surface area contributed by atoms with Gasteiger partial charge in [-0.2, -0.15) is 0 Å². The summed E-state index contributed by atoms with van der Waals surface area (Å²) in [6, 6.07) is 9.84. The van der Waals surface area contributed by atoms with Crippen LogP contribution in [0.5, 0.6) is 0 Å². The van der Waals surface area contributed by atoms with E-state index in [1.807, 2.05) is 35.2 Å². The predicted molar refractivity (Wildman–Crippen MR) is 78.5 cm³/mol. The molecule has 0 aliphatic carbocycles. The zero-order chi connectivity index (χ0) is 14.4. The summed E-state index contributed by atoms with van der Waals surface area (Å²) in [4.78, 5) is 27.5. The molecule has 0 unspecified atom stereocenters. The van der Waals surface area contributed by atoms with Gasteiger partial charge in [-0.25, -0.2) is 0 Å². The van der Waals surface area contributed by atoms with Crippen molar-refractivity contribution in [2.24, 2.45) is 0 Å². The summed E-state index contributed by atoms with van der Waals surface area (Å²) in [5.41, 5.74) is 1.07. The minimum absolute atomic E-state index is 0.127. The summed E-state index contributed by atoms with van der Waals surface area (Å²) in [7, 11) is 0. The Hall–Kier alpha value is -1.68. The number of amides is 1. The highest BCUT2D eigenvalue weighted by Crippen LogP contribution is 2.05. The molecule has 1 aromatic rings. The maximum atomic E-state index is 12.1. The topological polar surface area (TPSA) is 40.6 Å². The molecule has 1 saturated heterocycles. The zero-order valence-corrected chi connectivity index (χ0v) is 12.0. The molecule has 0 saturated carbocycles. The van der Waals surface area contributed by atoms with E-state index in [0.717, 1.165) is 38.2 Å². The smallest absolute Gasteiger partial charge is 0.219 e. The molecule has 4 heteroatoms. The van der Waals surface area contributed by atoms with E-state index < -0.39 is 0 Å². The van der Waals surface area contributed by atoms with Crippen LogP contribution in [-0.2, 0) is 16.0 Å². The Morgan fingerprint density at radius 3 is 2.50 bits per heavy atom. The summed E-state index contributed by atoms with van der Waals surface area (Å²) in [5, 5.41) is 0. The molecule has 1 aliphatic rings. The van der Waals surface area contributed by atoms with Crippen LogP contribution in [0.25, 0.3) is 0 Å². The number of benzene rings is 1.